The Balaban J connectivity index is 1.31. The summed E-state index contributed by atoms with van der Waals surface area (Å²) in [5.41, 5.74) is 0.718. The van der Waals surface area contributed by atoms with Gasteiger partial charge in [0.15, 0.2) is 0 Å². The average Bonchev–Trinajstić information content (AvgIpc) is 3.45. The van der Waals surface area contributed by atoms with Crippen LogP contribution in [0.25, 0.3) is 0 Å². The van der Waals surface area contributed by atoms with E-state index in [1.165, 1.54) is 15.3 Å². The van der Waals surface area contributed by atoms with Gasteiger partial charge in [-0.25, -0.2) is 0 Å². The van der Waals surface area contributed by atoms with Gasteiger partial charge in [-0.1, -0.05) is 30.3 Å². The molecule has 3 aromatic rings. The third-order valence-corrected chi connectivity index (χ3v) is 7.80. The number of carbonyl (C=O) groups excluding carboxylic acids is 3. The van der Waals surface area contributed by atoms with Crippen LogP contribution in [0, 0.1) is 0 Å². The number of fused-ring (bicyclic) bond motifs is 1. The van der Waals surface area contributed by atoms with Crippen molar-refractivity contribution < 1.29 is 19.1 Å². The van der Waals surface area contributed by atoms with E-state index in [2.05, 4.69) is 16.4 Å². The molecule has 1 atom stereocenters. The van der Waals surface area contributed by atoms with Gasteiger partial charge in [0.2, 0.25) is 17.7 Å². The van der Waals surface area contributed by atoms with E-state index in [1.54, 1.807) is 29.8 Å². The lowest BCUT2D eigenvalue weighted by atomic mass is 9.75. The summed E-state index contributed by atoms with van der Waals surface area (Å²) >= 11 is 1.72. The highest BCUT2D eigenvalue weighted by atomic mass is 32.1. The van der Waals surface area contributed by atoms with Crippen molar-refractivity contribution in [2.45, 2.75) is 37.6 Å². The number of amides is 3. The lowest BCUT2D eigenvalue weighted by Crippen LogP contribution is -2.44. The molecule has 1 fully saturated rings. The normalized spacial score (nSPS) is 19.7. The summed E-state index contributed by atoms with van der Waals surface area (Å²) in [5, 5.41) is 2.05. The highest BCUT2D eigenvalue weighted by Gasteiger charge is 2.53. The van der Waals surface area contributed by atoms with Gasteiger partial charge in [0.25, 0.3) is 0 Å². The van der Waals surface area contributed by atoms with Gasteiger partial charge in [-0.2, -0.15) is 0 Å². The van der Waals surface area contributed by atoms with Crippen LogP contribution >= 0.6 is 11.3 Å². The molecule has 0 aliphatic carbocycles. The second-order valence-corrected chi connectivity index (χ2v) is 9.98. The molecule has 1 saturated heterocycles. The number of rotatable bonds is 8. The number of thiophene rings is 1. The van der Waals surface area contributed by atoms with Crippen molar-refractivity contribution in [1.82, 2.24) is 14.8 Å². The molecule has 1 unspecified atom stereocenters. The Morgan fingerprint density at radius 3 is 2.77 bits per heavy atom. The van der Waals surface area contributed by atoms with Crippen molar-refractivity contribution in [3.63, 3.8) is 0 Å². The summed E-state index contributed by atoms with van der Waals surface area (Å²) in [6, 6.07) is 14.9. The van der Waals surface area contributed by atoms with Crippen LogP contribution in [0.4, 0.5) is 0 Å². The second kappa shape index (κ2) is 10.00. The number of likely N-dealkylation sites (tertiary alicyclic amines) is 1. The fourth-order valence-corrected chi connectivity index (χ4v) is 5.82. The molecule has 7 nitrogen and oxygen atoms in total. The highest BCUT2D eigenvalue weighted by Crippen LogP contribution is 2.41. The molecule has 180 valence electrons. The van der Waals surface area contributed by atoms with Gasteiger partial charge in [-0.15, -0.1) is 11.3 Å². The van der Waals surface area contributed by atoms with Crippen molar-refractivity contribution in [2.24, 2.45) is 0 Å². The third-order valence-electron chi connectivity index (χ3n) is 6.78. The summed E-state index contributed by atoms with van der Waals surface area (Å²) in [6.45, 7) is 1.80. The summed E-state index contributed by atoms with van der Waals surface area (Å²) < 4.78 is 5.67. The molecule has 0 saturated carbocycles. The summed E-state index contributed by atoms with van der Waals surface area (Å²) in [4.78, 5) is 48.7. The Hall–Kier alpha value is -3.52. The van der Waals surface area contributed by atoms with Gasteiger partial charge in [0.1, 0.15) is 5.75 Å². The Morgan fingerprint density at radius 1 is 1.11 bits per heavy atom. The zero-order chi connectivity index (χ0) is 24.3. The lowest BCUT2D eigenvalue weighted by molar-refractivity contribution is -0.143. The zero-order valence-electron chi connectivity index (χ0n) is 19.4. The predicted molar refractivity (Wildman–Crippen MR) is 132 cm³/mol. The van der Waals surface area contributed by atoms with Gasteiger partial charge < -0.3 is 9.64 Å². The van der Waals surface area contributed by atoms with Crippen molar-refractivity contribution in [3.05, 3.63) is 82.3 Å². The number of pyridine rings is 1. The summed E-state index contributed by atoms with van der Waals surface area (Å²) in [5.74, 6) is 0.0168. The molecule has 2 aromatic heterocycles. The molecular formula is C27H27N3O4S. The molecule has 35 heavy (non-hydrogen) atoms. The Kier molecular flexibility index (Phi) is 6.63. The van der Waals surface area contributed by atoms with Crippen molar-refractivity contribution in [3.8, 4) is 5.75 Å². The Labute approximate surface area is 208 Å². The summed E-state index contributed by atoms with van der Waals surface area (Å²) in [7, 11) is 0. The van der Waals surface area contributed by atoms with Crippen LogP contribution in [-0.2, 0) is 32.8 Å². The zero-order valence-corrected chi connectivity index (χ0v) is 20.2. The third kappa shape index (κ3) is 4.71. The van der Waals surface area contributed by atoms with E-state index in [0.29, 0.717) is 37.4 Å². The van der Waals surface area contributed by atoms with Gasteiger partial charge in [0.05, 0.1) is 18.2 Å². The van der Waals surface area contributed by atoms with Crippen LogP contribution in [0.15, 0.2) is 66.3 Å². The minimum atomic E-state index is -1.17. The highest BCUT2D eigenvalue weighted by molar-refractivity contribution is 7.10. The molecule has 2 aliphatic heterocycles. The minimum absolute atomic E-state index is 0.00257. The predicted octanol–water partition coefficient (Wildman–Crippen LogP) is 3.58. The van der Waals surface area contributed by atoms with E-state index < -0.39 is 5.41 Å². The monoisotopic (exact) mass is 489 g/mol. The molecule has 0 N–H and O–H groups in total. The average molecular weight is 490 g/mol. The second-order valence-electron chi connectivity index (χ2n) is 8.98. The number of ether oxygens (including phenoxy) is 1. The fraction of sp³-hybridized carbons (Fsp3) is 0.333. The number of nitrogens with zero attached hydrogens (tertiary/aromatic N) is 3. The van der Waals surface area contributed by atoms with Gasteiger partial charge in [0, 0.05) is 43.5 Å². The number of imide groups is 1. The van der Waals surface area contributed by atoms with Crippen LogP contribution in [0.3, 0.4) is 0 Å². The van der Waals surface area contributed by atoms with Crippen LogP contribution in [0.1, 0.15) is 35.3 Å². The van der Waals surface area contributed by atoms with Gasteiger partial charge in [-0.3, -0.25) is 24.3 Å². The maximum absolute atomic E-state index is 13.8. The number of aromatic nitrogens is 1. The largest absolute Gasteiger partial charge is 0.492 e. The molecule has 3 amide bonds. The first-order valence-corrected chi connectivity index (χ1v) is 12.7. The fourth-order valence-electron chi connectivity index (χ4n) is 4.93. The maximum atomic E-state index is 13.8. The van der Waals surface area contributed by atoms with E-state index in [9.17, 15) is 14.4 Å². The van der Waals surface area contributed by atoms with Crippen LogP contribution in [-0.4, -0.2) is 52.2 Å². The quantitative estimate of drug-likeness (QED) is 0.357. The maximum Gasteiger partial charge on any atom is 0.240 e. The van der Waals surface area contributed by atoms with Gasteiger partial charge >= 0.3 is 0 Å². The number of hydrogen-bond acceptors (Lipinski definition) is 6. The first-order chi connectivity index (χ1) is 17.1. The van der Waals surface area contributed by atoms with E-state index in [0.717, 1.165) is 6.42 Å². The molecule has 4 heterocycles. The SMILES string of the molecule is O=C(CC1(c2ccccc2)CC(=O)N(CCCOc2cccnc2)C1=O)N1CCc2sccc2C1. The van der Waals surface area contributed by atoms with E-state index in [4.69, 9.17) is 4.74 Å². The van der Waals surface area contributed by atoms with Gasteiger partial charge in [-0.05, 0) is 47.5 Å². The molecule has 0 spiro atoms. The lowest BCUT2D eigenvalue weighted by Gasteiger charge is -2.32. The van der Waals surface area contributed by atoms with E-state index in [-0.39, 0.29) is 37.1 Å². The molecule has 0 radical (unpaired) electrons. The Morgan fingerprint density at radius 2 is 1.97 bits per heavy atom. The smallest absolute Gasteiger partial charge is 0.240 e. The standard InChI is InChI=1S/C27H27N3O4S/c31-24(29-13-9-23-20(19-29)10-15-35-23)16-27(21-6-2-1-3-7-21)17-25(32)30(26(27)33)12-5-14-34-22-8-4-11-28-18-22/h1-4,6-8,10-11,15,18H,5,9,12-14,16-17,19H2. The minimum Gasteiger partial charge on any atom is -0.492 e. The Bertz CT molecular complexity index is 1210. The summed E-state index contributed by atoms with van der Waals surface area (Å²) in [6.07, 6.45) is 4.61. The first-order valence-electron chi connectivity index (χ1n) is 11.8. The van der Waals surface area contributed by atoms with Crippen LogP contribution in [0.5, 0.6) is 5.75 Å². The van der Waals surface area contributed by atoms with Crippen LogP contribution in [0.2, 0.25) is 0 Å². The molecule has 2 aliphatic rings. The van der Waals surface area contributed by atoms with Crippen molar-refractivity contribution in [1.29, 1.82) is 0 Å². The molecule has 5 rings (SSSR count). The van der Waals surface area contributed by atoms with Crippen molar-refractivity contribution in [2.75, 3.05) is 19.7 Å². The number of hydrogen-bond donors (Lipinski definition) is 0. The number of benzene rings is 1. The van der Waals surface area contributed by atoms with Crippen molar-refractivity contribution >= 4 is 29.1 Å². The first kappa shape index (κ1) is 23.2. The van der Waals surface area contributed by atoms with E-state index in [1.807, 2.05) is 41.3 Å². The topological polar surface area (TPSA) is 79.8 Å². The molecule has 1 aromatic carbocycles. The van der Waals surface area contributed by atoms with E-state index >= 15 is 0 Å². The molecule has 8 heteroatoms. The van der Waals surface area contributed by atoms with Crippen LogP contribution < -0.4 is 4.74 Å². The molecular weight excluding hydrogens is 462 g/mol. The number of carbonyl (C=O) groups is 3. The molecule has 0 bridgehead atoms.